The molecule has 2 unspecified atom stereocenters. The molecule has 0 aliphatic carbocycles. The second-order valence-electron chi connectivity index (χ2n) is 5.07. The van der Waals surface area contributed by atoms with Crippen LogP contribution in [0.2, 0.25) is 5.02 Å². The van der Waals surface area contributed by atoms with Crippen molar-refractivity contribution in [1.29, 1.82) is 0 Å². The van der Waals surface area contributed by atoms with Crippen LogP contribution < -0.4 is 10.0 Å². The van der Waals surface area contributed by atoms with E-state index in [1.165, 1.54) is 6.07 Å². The number of hydrogen-bond acceptors (Lipinski definition) is 5. The number of hydrogen-bond donors (Lipinski definition) is 2. The van der Waals surface area contributed by atoms with E-state index in [2.05, 4.69) is 10.0 Å². The molecule has 1 aromatic carbocycles. The highest BCUT2D eigenvalue weighted by Gasteiger charge is 2.31. The third-order valence-electron chi connectivity index (χ3n) is 3.54. The summed E-state index contributed by atoms with van der Waals surface area (Å²) < 4.78 is 27.3. The van der Waals surface area contributed by atoms with Crippen LogP contribution in [-0.2, 0) is 10.0 Å². The second-order valence-corrected chi connectivity index (χ2v) is 7.19. The number of nitrogens with one attached hydrogen (secondary N) is 2. The molecule has 22 heavy (non-hydrogen) atoms. The molecule has 2 N–H and O–H groups in total. The molecule has 1 saturated heterocycles. The first-order chi connectivity index (χ1) is 9.81. The maximum atomic E-state index is 12.4. The minimum Gasteiger partial charge on any atom is -0.315 e. The van der Waals surface area contributed by atoms with E-state index in [9.17, 15) is 18.5 Å². The first kappa shape index (κ1) is 19.1. The Morgan fingerprint density at radius 3 is 2.73 bits per heavy atom. The number of rotatable bonds is 4. The summed E-state index contributed by atoms with van der Waals surface area (Å²) in [4.78, 5) is 9.91. The topological polar surface area (TPSA) is 101 Å². The Hall–Kier alpha value is -0.930. The molecule has 1 fully saturated rings. The molecule has 1 aliphatic heterocycles. The van der Waals surface area contributed by atoms with Gasteiger partial charge in [0, 0.05) is 23.7 Å². The molecule has 1 aliphatic rings. The third kappa shape index (κ3) is 4.30. The Bertz CT molecular complexity index is 654. The van der Waals surface area contributed by atoms with Gasteiger partial charge < -0.3 is 5.32 Å². The minimum absolute atomic E-state index is 0. The smallest absolute Gasteiger partial charge is 0.290 e. The lowest BCUT2D eigenvalue weighted by Crippen LogP contribution is -2.50. The summed E-state index contributed by atoms with van der Waals surface area (Å²) in [6.07, 6.45) is 0.843. The number of nitro groups is 1. The van der Waals surface area contributed by atoms with Crippen molar-refractivity contribution >= 4 is 39.7 Å². The van der Waals surface area contributed by atoms with Crippen LogP contribution in [0.3, 0.4) is 0 Å². The Morgan fingerprint density at radius 1 is 1.45 bits per heavy atom. The van der Waals surface area contributed by atoms with E-state index < -0.39 is 20.6 Å². The highest BCUT2D eigenvalue weighted by atomic mass is 35.5. The van der Waals surface area contributed by atoms with Crippen molar-refractivity contribution in [2.45, 2.75) is 24.3 Å². The summed E-state index contributed by atoms with van der Waals surface area (Å²) in [7, 11) is -3.98. The summed E-state index contributed by atoms with van der Waals surface area (Å²) in [6.45, 7) is 3.28. The van der Waals surface area contributed by atoms with Crippen LogP contribution in [0.5, 0.6) is 0 Å². The maximum Gasteiger partial charge on any atom is 0.290 e. The van der Waals surface area contributed by atoms with Crippen LogP contribution in [0.25, 0.3) is 0 Å². The van der Waals surface area contributed by atoms with Crippen molar-refractivity contribution in [3.63, 3.8) is 0 Å². The van der Waals surface area contributed by atoms with Crippen molar-refractivity contribution in [3.8, 4) is 0 Å². The number of sulfonamides is 1. The summed E-state index contributed by atoms with van der Waals surface area (Å²) >= 11 is 5.70. The van der Waals surface area contributed by atoms with Gasteiger partial charge in [0.2, 0.25) is 10.0 Å². The van der Waals surface area contributed by atoms with Crippen LogP contribution >= 0.6 is 24.0 Å². The number of nitro benzene ring substituents is 1. The Kier molecular flexibility index (Phi) is 6.57. The van der Waals surface area contributed by atoms with Gasteiger partial charge in [-0.25, -0.2) is 13.1 Å². The van der Waals surface area contributed by atoms with E-state index in [0.29, 0.717) is 6.54 Å². The number of piperidine rings is 1. The van der Waals surface area contributed by atoms with E-state index in [1.54, 1.807) is 0 Å². The van der Waals surface area contributed by atoms with Gasteiger partial charge in [0.15, 0.2) is 4.90 Å². The van der Waals surface area contributed by atoms with Gasteiger partial charge in [-0.15, -0.1) is 12.4 Å². The van der Waals surface area contributed by atoms with Gasteiger partial charge in [-0.2, -0.15) is 0 Å². The SMILES string of the molecule is CC1CCNCC1NS(=O)(=O)c1ccc(Cl)cc1[N+](=O)[O-].Cl. The molecule has 0 amide bonds. The zero-order valence-corrected chi connectivity index (χ0v) is 14.2. The quantitative estimate of drug-likeness (QED) is 0.623. The van der Waals surface area contributed by atoms with Crippen molar-refractivity contribution < 1.29 is 13.3 Å². The zero-order valence-electron chi connectivity index (χ0n) is 11.8. The average Bonchev–Trinajstić information content (AvgIpc) is 2.40. The highest BCUT2D eigenvalue weighted by molar-refractivity contribution is 7.89. The number of halogens is 2. The summed E-state index contributed by atoms with van der Waals surface area (Å²) in [6, 6.07) is 3.23. The minimum atomic E-state index is -3.98. The normalized spacial score (nSPS) is 21.9. The van der Waals surface area contributed by atoms with Crippen LogP contribution in [0.1, 0.15) is 13.3 Å². The number of benzene rings is 1. The monoisotopic (exact) mass is 369 g/mol. The number of nitrogens with zero attached hydrogens (tertiary/aromatic N) is 1. The lowest BCUT2D eigenvalue weighted by molar-refractivity contribution is -0.387. The summed E-state index contributed by atoms with van der Waals surface area (Å²) in [5.41, 5.74) is -0.522. The molecule has 0 radical (unpaired) electrons. The standard InChI is InChI=1S/C12H16ClN3O4S.ClH/c1-8-4-5-14-7-10(8)15-21(19,20)12-3-2-9(13)6-11(12)16(17)18;/h2-3,6,8,10,14-15H,4-5,7H2,1H3;1H. The molecule has 10 heteroatoms. The van der Waals surface area contributed by atoms with Gasteiger partial charge in [-0.05, 0) is 31.0 Å². The predicted octanol–water partition coefficient (Wildman–Crippen LogP) is 1.95. The lowest BCUT2D eigenvalue weighted by atomic mass is 9.96. The lowest BCUT2D eigenvalue weighted by Gasteiger charge is -2.29. The molecule has 0 bridgehead atoms. The molecular formula is C12H17Cl2N3O4S. The average molecular weight is 370 g/mol. The molecule has 2 rings (SSSR count). The van der Waals surface area contributed by atoms with E-state index in [0.717, 1.165) is 25.1 Å². The summed E-state index contributed by atoms with van der Waals surface area (Å²) in [5.74, 6) is 0.160. The fourth-order valence-corrected chi connectivity index (χ4v) is 3.93. The molecular weight excluding hydrogens is 353 g/mol. The van der Waals surface area contributed by atoms with Crippen molar-refractivity contribution in [3.05, 3.63) is 33.3 Å². The van der Waals surface area contributed by atoms with Crippen LogP contribution in [0.4, 0.5) is 5.69 Å². The molecule has 0 spiro atoms. The summed E-state index contributed by atoms with van der Waals surface area (Å²) in [5, 5.41) is 14.2. The fourth-order valence-electron chi connectivity index (χ4n) is 2.27. The predicted molar refractivity (Wildman–Crippen MR) is 86.1 cm³/mol. The van der Waals surface area contributed by atoms with E-state index in [-0.39, 0.29) is 34.3 Å². The highest BCUT2D eigenvalue weighted by Crippen LogP contribution is 2.27. The molecule has 7 nitrogen and oxygen atoms in total. The van der Waals surface area contributed by atoms with Crippen molar-refractivity contribution in [2.75, 3.05) is 13.1 Å². The van der Waals surface area contributed by atoms with Crippen LogP contribution in [0.15, 0.2) is 23.1 Å². The van der Waals surface area contributed by atoms with Crippen molar-refractivity contribution in [2.24, 2.45) is 5.92 Å². The Morgan fingerprint density at radius 2 is 2.14 bits per heavy atom. The maximum absolute atomic E-state index is 12.4. The van der Waals surface area contributed by atoms with Gasteiger partial charge >= 0.3 is 0 Å². The van der Waals surface area contributed by atoms with Gasteiger partial charge in [0.05, 0.1) is 4.92 Å². The van der Waals surface area contributed by atoms with Gasteiger partial charge in [-0.1, -0.05) is 18.5 Å². The van der Waals surface area contributed by atoms with Crippen LogP contribution in [0, 0.1) is 16.0 Å². The van der Waals surface area contributed by atoms with Crippen LogP contribution in [-0.4, -0.2) is 32.5 Å². The third-order valence-corrected chi connectivity index (χ3v) is 5.31. The Labute approximate surface area is 140 Å². The Balaban J connectivity index is 0.00000242. The van der Waals surface area contributed by atoms with E-state index >= 15 is 0 Å². The molecule has 1 aromatic rings. The van der Waals surface area contributed by atoms with E-state index in [4.69, 9.17) is 11.6 Å². The van der Waals surface area contributed by atoms with E-state index in [1.807, 2.05) is 6.92 Å². The molecule has 0 aromatic heterocycles. The first-order valence-corrected chi connectivity index (χ1v) is 8.34. The zero-order chi connectivity index (χ0) is 15.6. The van der Waals surface area contributed by atoms with Gasteiger partial charge in [0.25, 0.3) is 5.69 Å². The molecule has 124 valence electrons. The largest absolute Gasteiger partial charge is 0.315 e. The molecule has 0 saturated carbocycles. The second kappa shape index (κ2) is 7.56. The first-order valence-electron chi connectivity index (χ1n) is 6.48. The molecule has 1 heterocycles. The molecule has 2 atom stereocenters. The fraction of sp³-hybridized carbons (Fsp3) is 0.500. The van der Waals surface area contributed by atoms with Gasteiger partial charge in [-0.3, -0.25) is 10.1 Å². The van der Waals surface area contributed by atoms with Gasteiger partial charge in [0.1, 0.15) is 0 Å². The van der Waals surface area contributed by atoms with Crippen molar-refractivity contribution in [1.82, 2.24) is 10.0 Å².